The summed E-state index contributed by atoms with van der Waals surface area (Å²) in [5.74, 6) is 0.459. The van der Waals surface area contributed by atoms with Gasteiger partial charge in [0, 0.05) is 34.2 Å². The van der Waals surface area contributed by atoms with Gasteiger partial charge in [-0.05, 0) is 51.5 Å². The van der Waals surface area contributed by atoms with E-state index in [0.717, 1.165) is 33.9 Å². The fourth-order valence-electron chi connectivity index (χ4n) is 3.00. The quantitative estimate of drug-likeness (QED) is 0.732. The van der Waals surface area contributed by atoms with Crippen LogP contribution in [0.3, 0.4) is 0 Å². The highest BCUT2D eigenvalue weighted by Crippen LogP contribution is 2.17. The van der Waals surface area contributed by atoms with Crippen LogP contribution in [0.2, 0.25) is 5.02 Å². The van der Waals surface area contributed by atoms with Crippen molar-refractivity contribution in [3.8, 4) is 5.95 Å². The summed E-state index contributed by atoms with van der Waals surface area (Å²) in [6.45, 7) is 8.11. The molecule has 1 aromatic carbocycles. The molecular formula is C20H22ClN5O. The van der Waals surface area contributed by atoms with Crippen LogP contribution in [0.5, 0.6) is 0 Å². The first-order valence-electron chi connectivity index (χ1n) is 8.72. The summed E-state index contributed by atoms with van der Waals surface area (Å²) < 4.78 is 1.70. The van der Waals surface area contributed by atoms with Crippen LogP contribution in [0.4, 0.5) is 0 Å². The van der Waals surface area contributed by atoms with Gasteiger partial charge in [0.1, 0.15) is 0 Å². The topological polar surface area (TPSA) is 72.7 Å². The number of hydrogen-bond acceptors (Lipinski definition) is 4. The lowest BCUT2D eigenvalue weighted by molar-refractivity contribution is -0.120. The van der Waals surface area contributed by atoms with Crippen LogP contribution in [0, 0.1) is 27.7 Å². The maximum Gasteiger partial charge on any atom is 0.251 e. The molecule has 0 aliphatic heterocycles. The number of carbonyl (C=O) groups is 1. The molecule has 0 spiro atoms. The van der Waals surface area contributed by atoms with Crippen molar-refractivity contribution >= 4 is 17.5 Å². The third-order valence-corrected chi connectivity index (χ3v) is 4.55. The lowest BCUT2D eigenvalue weighted by Crippen LogP contribution is -2.25. The molecule has 6 nitrogen and oxygen atoms in total. The van der Waals surface area contributed by atoms with Crippen molar-refractivity contribution < 1.29 is 4.79 Å². The van der Waals surface area contributed by atoms with E-state index in [0.29, 0.717) is 17.5 Å². The van der Waals surface area contributed by atoms with E-state index in [1.807, 2.05) is 58.0 Å². The Hall–Kier alpha value is -2.73. The first-order valence-corrected chi connectivity index (χ1v) is 9.10. The summed E-state index contributed by atoms with van der Waals surface area (Å²) in [6, 6.07) is 9.36. The van der Waals surface area contributed by atoms with E-state index in [4.69, 9.17) is 11.6 Å². The molecule has 0 fully saturated rings. The molecule has 0 saturated heterocycles. The molecular weight excluding hydrogens is 362 g/mol. The normalized spacial score (nSPS) is 10.9. The SMILES string of the molecule is Cc1cc(C)nc(-n2nc(C)c(CC(=O)NCc3cccc(Cl)c3)c2C)n1. The van der Waals surface area contributed by atoms with Gasteiger partial charge in [-0.1, -0.05) is 23.7 Å². The van der Waals surface area contributed by atoms with Crippen molar-refractivity contribution in [3.63, 3.8) is 0 Å². The third kappa shape index (κ3) is 4.52. The van der Waals surface area contributed by atoms with Crippen LogP contribution in [-0.2, 0) is 17.8 Å². The number of nitrogens with zero attached hydrogens (tertiary/aromatic N) is 4. The molecule has 0 unspecified atom stereocenters. The lowest BCUT2D eigenvalue weighted by Gasteiger charge is -2.07. The van der Waals surface area contributed by atoms with Crippen LogP contribution in [0.15, 0.2) is 30.3 Å². The van der Waals surface area contributed by atoms with Gasteiger partial charge in [0.05, 0.1) is 12.1 Å². The highest BCUT2D eigenvalue weighted by atomic mass is 35.5. The summed E-state index contributed by atoms with van der Waals surface area (Å²) >= 11 is 5.98. The first-order chi connectivity index (χ1) is 12.8. The molecule has 1 amide bonds. The number of aromatic nitrogens is 4. The summed E-state index contributed by atoms with van der Waals surface area (Å²) in [6.07, 6.45) is 0.253. The zero-order valence-electron chi connectivity index (χ0n) is 15.9. The maximum absolute atomic E-state index is 12.4. The number of aryl methyl sites for hydroxylation is 3. The molecule has 3 aromatic rings. The van der Waals surface area contributed by atoms with Crippen molar-refractivity contribution in [2.45, 2.75) is 40.7 Å². The molecule has 0 radical (unpaired) electrons. The number of hydrogen-bond donors (Lipinski definition) is 1. The Balaban J connectivity index is 1.75. The molecule has 0 aliphatic carbocycles. The minimum atomic E-state index is -0.0675. The van der Waals surface area contributed by atoms with Crippen molar-refractivity contribution in [2.75, 3.05) is 0 Å². The first kappa shape index (κ1) is 19.0. The molecule has 140 valence electrons. The Morgan fingerprint density at radius 2 is 1.81 bits per heavy atom. The number of nitrogens with one attached hydrogen (secondary N) is 1. The second-order valence-corrected chi connectivity index (χ2v) is 7.03. The molecule has 0 bridgehead atoms. The lowest BCUT2D eigenvalue weighted by atomic mass is 10.1. The average molecular weight is 384 g/mol. The van der Waals surface area contributed by atoms with Gasteiger partial charge >= 0.3 is 0 Å². The average Bonchev–Trinajstić information content (AvgIpc) is 2.87. The zero-order chi connectivity index (χ0) is 19.6. The molecule has 2 heterocycles. The summed E-state index contributed by atoms with van der Waals surface area (Å²) in [4.78, 5) is 21.3. The van der Waals surface area contributed by atoms with Crippen LogP contribution < -0.4 is 5.32 Å². The van der Waals surface area contributed by atoms with E-state index in [-0.39, 0.29) is 12.3 Å². The highest BCUT2D eigenvalue weighted by Gasteiger charge is 2.17. The fourth-order valence-corrected chi connectivity index (χ4v) is 3.21. The fraction of sp³-hybridized carbons (Fsp3) is 0.300. The minimum absolute atomic E-state index is 0.0675. The van der Waals surface area contributed by atoms with Crippen LogP contribution in [0.1, 0.15) is 33.9 Å². The Kier molecular flexibility index (Phi) is 5.56. The zero-order valence-corrected chi connectivity index (χ0v) is 16.6. The number of rotatable bonds is 5. The summed E-state index contributed by atoms with van der Waals surface area (Å²) in [7, 11) is 0. The Labute approximate surface area is 163 Å². The van der Waals surface area contributed by atoms with Crippen LogP contribution in [0.25, 0.3) is 5.95 Å². The molecule has 0 saturated carbocycles. The number of amides is 1. The second-order valence-electron chi connectivity index (χ2n) is 6.60. The van der Waals surface area contributed by atoms with Crippen molar-refractivity contribution in [2.24, 2.45) is 0 Å². The van der Waals surface area contributed by atoms with E-state index in [9.17, 15) is 4.79 Å². The smallest absolute Gasteiger partial charge is 0.251 e. The van der Waals surface area contributed by atoms with Crippen molar-refractivity contribution in [1.82, 2.24) is 25.1 Å². The minimum Gasteiger partial charge on any atom is -0.352 e. The summed E-state index contributed by atoms with van der Waals surface area (Å²) in [5, 5.41) is 8.13. The van der Waals surface area contributed by atoms with Gasteiger partial charge in [0.2, 0.25) is 5.91 Å². The van der Waals surface area contributed by atoms with E-state index in [2.05, 4.69) is 20.4 Å². The standard InChI is InChI=1S/C20H22ClN5O/c1-12-8-13(2)24-20(23-12)26-15(4)18(14(3)25-26)10-19(27)22-11-16-6-5-7-17(21)9-16/h5-9H,10-11H2,1-4H3,(H,22,27). The number of benzene rings is 1. The molecule has 2 aromatic heterocycles. The van der Waals surface area contributed by atoms with E-state index < -0.39 is 0 Å². The van der Waals surface area contributed by atoms with Crippen molar-refractivity contribution in [1.29, 1.82) is 0 Å². The van der Waals surface area contributed by atoms with E-state index in [1.165, 1.54) is 0 Å². The maximum atomic E-state index is 12.4. The predicted molar refractivity (Wildman–Crippen MR) is 105 cm³/mol. The van der Waals surface area contributed by atoms with Gasteiger partial charge < -0.3 is 5.32 Å². The second kappa shape index (κ2) is 7.88. The van der Waals surface area contributed by atoms with Gasteiger partial charge in [0.25, 0.3) is 5.95 Å². The molecule has 0 aliphatic rings. The number of halogens is 1. The van der Waals surface area contributed by atoms with Gasteiger partial charge in [0.15, 0.2) is 0 Å². The van der Waals surface area contributed by atoms with Crippen LogP contribution in [-0.4, -0.2) is 25.7 Å². The van der Waals surface area contributed by atoms with E-state index in [1.54, 1.807) is 4.68 Å². The monoisotopic (exact) mass is 383 g/mol. The largest absolute Gasteiger partial charge is 0.352 e. The van der Waals surface area contributed by atoms with Crippen molar-refractivity contribution in [3.05, 3.63) is 69.3 Å². The van der Waals surface area contributed by atoms with E-state index >= 15 is 0 Å². The van der Waals surface area contributed by atoms with Gasteiger partial charge in [-0.15, -0.1) is 0 Å². The van der Waals surface area contributed by atoms with Crippen LogP contribution >= 0.6 is 11.6 Å². The number of carbonyl (C=O) groups excluding carboxylic acids is 1. The Morgan fingerprint density at radius 3 is 2.48 bits per heavy atom. The molecule has 1 N–H and O–H groups in total. The Morgan fingerprint density at radius 1 is 1.11 bits per heavy atom. The molecule has 7 heteroatoms. The van der Waals surface area contributed by atoms with Gasteiger partial charge in [-0.3, -0.25) is 4.79 Å². The van der Waals surface area contributed by atoms with Gasteiger partial charge in [-0.25, -0.2) is 14.6 Å². The Bertz CT molecular complexity index is 976. The summed E-state index contributed by atoms with van der Waals surface area (Å²) in [5.41, 5.74) is 5.28. The molecule has 3 rings (SSSR count). The molecule has 0 atom stereocenters. The highest BCUT2D eigenvalue weighted by molar-refractivity contribution is 6.30. The third-order valence-electron chi connectivity index (χ3n) is 4.32. The van der Waals surface area contributed by atoms with Gasteiger partial charge in [-0.2, -0.15) is 5.10 Å². The molecule has 27 heavy (non-hydrogen) atoms. The predicted octanol–water partition coefficient (Wildman–Crippen LogP) is 3.41.